The number of rotatable bonds is 10. The van der Waals surface area contributed by atoms with E-state index >= 15 is 0 Å². The number of carbonyl (C=O) groups excluding carboxylic acids is 1. The van der Waals surface area contributed by atoms with Crippen molar-refractivity contribution >= 4 is 39.8 Å². The first-order valence-electron chi connectivity index (χ1n) is 9.85. The van der Waals surface area contributed by atoms with Gasteiger partial charge >= 0.3 is 6.16 Å². The lowest BCUT2D eigenvalue weighted by Gasteiger charge is -2.28. The minimum Gasteiger partial charge on any atom is -0.430 e. The maximum Gasteiger partial charge on any atom is 0.508 e. The fourth-order valence-electron chi connectivity index (χ4n) is 3.52. The largest absolute Gasteiger partial charge is 0.508 e. The first-order chi connectivity index (χ1) is 12.6. The maximum atomic E-state index is 12.5. The summed E-state index contributed by atoms with van der Waals surface area (Å²) >= 11 is 3.58. The van der Waals surface area contributed by atoms with Gasteiger partial charge in [-0.3, -0.25) is 9.98 Å². The molecule has 0 amide bonds. The molecule has 0 N–H and O–H groups in total. The summed E-state index contributed by atoms with van der Waals surface area (Å²) in [5.41, 5.74) is 0. The van der Waals surface area contributed by atoms with Crippen molar-refractivity contribution in [1.29, 1.82) is 0 Å². The van der Waals surface area contributed by atoms with E-state index in [-0.39, 0.29) is 24.0 Å². The predicted molar refractivity (Wildman–Crippen MR) is 113 cm³/mol. The smallest absolute Gasteiger partial charge is 0.430 e. The molecule has 4 unspecified atom stereocenters. The average Bonchev–Trinajstić information content (AvgIpc) is 3.35. The van der Waals surface area contributed by atoms with Gasteiger partial charge in [-0.15, -0.1) is 23.5 Å². The van der Waals surface area contributed by atoms with Gasteiger partial charge in [-0.05, 0) is 25.7 Å². The lowest BCUT2D eigenvalue weighted by atomic mass is 9.98. The fourth-order valence-corrected chi connectivity index (χ4v) is 5.73. The topological polar surface area (TPSA) is 60.2 Å². The Morgan fingerprint density at radius 2 is 1.27 bits per heavy atom. The third kappa shape index (κ3) is 5.65. The molecule has 7 heteroatoms. The Morgan fingerprint density at radius 3 is 1.54 bits per heavy atom. The van der Waals surface area contributed by atoms with Crippen molar-refractivity contribution < 1.29 is 14.3 Å². The highest BCUT2D eigenvalue weighted by atomic mass is 32.2. The van der Waals surface area contributed by atoms with Crippen LogP contribution in [-0.4, -0.2) is 53.0 Å². The SMILES string of the molecule is CCC(OC(=O)OC(CC)C(CC)C1=NCCS1)C(CC)C1=NCCS1. The predicted octanol–water partition coefficient (Wildman–Crippen LogP) is 5.04. The summed E-state index contributed by atoms with van der Waals surface area (Å²) in [7, 11) is 0. The highest BCUT2D eigenvalue weighted by Gasteiger charge is 2.32. The number of nitrogens with zero attached hydrogens (tertiary/aromatic N) is 2. The molecule has 2 rings (SSSR count). The first-order valence-corrected chi connectivity index (χ1v) is 11.8. The summed E-state index contributed by atoms with van der Waals surface area (Å²) in [6.45, 7) is 10.1. The van der Waals surface area contributed by atoms with Crippen LogP contribution in [0.15, 0.2) is 9.98 Å². The Morgan fingerprint density at radius 1 is 0.846 bits per heavy atom. The molecule has 0 radical (unpaired) electrons. The van der Waals surface area contributed by atoms with E-state index in [4.69, 9.17) is 9.47 Å². The number of hydrogen-bond acceptors (Lipinski definition) is 7. The van der Waals surface area contributed by atoms with Crippen molar-refractivity contribution in [3.05, 3.63) is 0 Å². The van der Waals surface area contributed by atoms with E-state index in [0.717, 1.165) is 60.4 Å². The minimum absolute atomic E-state index is 0.173. The van der Waals surface area contributed by atoms with E-state index in [1.165, 1.54) is 0 Å². The quantitative estimate of drug-likeness (QED) is 0.481. The Labute approximate surface area is 166 Å². The van der Waals surface area contributed by atoms with Crippen LogP contribution in [0.25, 0.3) is 0 Å². The van der Waals surface area contributed by atoms with Gasteiger partial charge in [0.15, 0.2) is 0 Å². The van der Waals surface area contributed by atoms with Crippen LogP contribution in [0, 0.1) is 11.8 Å². The van der Waals surface area contributed by atoms with Gasteiger partial charge in [0.2, 0.25) is 0 Å². The molecule has 0 saturated carbocycles. The normalized spacial score (nSPS) is 21.5. The molecule has 2 aliphatic heterocycles. The molecule has 0 aromatic rings. The second-order valence-corrected chi connectivity index (χ2v) is 8.78. The Kier molecular flexibility index (Phi) is 9.33. The van der Waals surface area contributed by atoms with Crippen LogP contribution in [0.2, 0.25) is 0 Å². The van der Waals surface area contributed by atoms with Crippen molar-refractivity contribution in [1.82, 2.24) is 0 Å². The van der Waals surface area contributed by atoms with E-state index < -0.39 is 6.16 Å². The molecular weight excluding hydrogens is 368 g/mol. The highest BCUT2D eigenvalue weighted by Crippen LogP contribution is 2.29. The minimum atomic E-state index is -0.548. The fraction of sp³-hybridized carbons (Fsp3) is 0.842. The third-order valence-corrected chi connectivity index (χ3v) is 7.16. The van der Waals surface area contributed by atoms with Gasteiger partial charge in [-0.25, -0.2) is 4.79 Å². The number of ether oxygens (including phenoxy) is 2. The van der Waals surface area contributed by atoms with E-state index in [2.05, 4.69) is 37.7 Å². The summed E-state index contributed by atoms with van der Waals surface area (Å²) in [4.78, 5) is 21.7. The van der Waals surface area contributed by atoms with E-state index in [1.807, 2.05) is 0 Å². The van der Waals surface area contributed by atoms with Gasteiger partial charge in [-0.1, -0.05) is 27.7 Å². The van der Waals surface area contributed by atoms with Crippen LogP contribution in [0.1, 0.15) is 53.4 Å². The molecule has 0 bridgehead atoms. The van der Waals surface area contributed by atoms with Crippen molar-refractivity contribution in [3.63, 3.8) is 0 Å². The van der Waals surface area contributed by atoms with Crippen molar-refractivity contribution in [3.8, 4) is 0 Å². The van der Waals surface area contributed by atoms with Crippen LogP contribution >= 0.6 is 23.5 Å². The summed E-state index contributed by atoms with van der Waals surface area (Å²) < 4.78 is 11.5. The van der Waals surface area contributed by atoms with Gasteiger partial charge in [0.05, 0.1) is 10.1 Å². The molecule has 2 heterocycles. The molecule has 0 saturated heterocycles. The zero-order valence-electron chi connectivity index (χ0n) is 16.4. The monoisotopic (exact) mass is 400 g/mol. The number of carbonyl (C=O) groups is 1. The van der Waals surface area contributed by atoms with Crippen molar-refractivity contribution in [2.75, 3.05) is 24.6 Å². The number of hydrogen-bond donors (Lipinski definition) is 0. The van der Waals surface area contributed by atoms with Gasteiger partial charge in [0.1, 0.15) is 12.2 Å². The Bertz CT molecular complexity index is 481. The molecular formula is C19H32N2O3S2. The van der Waals surface area contributed by atoms with E-state index in [1.54, 1.807) is 23.5 Å². The second kappa shape index (κ2) is 11.2. The standard InChI is InChI=1S/C19H32N2O3S2/c1-5-13(17-20-9-11-25-17)15(7-3)23-19(22)24-16(8-4)14(6-2)18-21-10-12-26-18/h13-16H,5-12H2,1-4H3. The molecule has 0 aromatic heterocycles. The van der Waals surface area contributed by atoms with Crippen molar-refractivity contribution in [2.24, 2.45) is 21.8 Å². The molecule has 0 spiro atoms. The maximum absolute atomic E-state index is 12.5. The molecule has 0 fully saturated rings. The summed E-state index contributed by atoms with van der Waals surface area (Å²) in [5, 5.41) is 2.25. The summed E-state index contributed by atoms with van der Waals surface area (Å²) in [5.74, 6) is 2.42. The lowest BCUT2D eigenvalue weighted by molar-refractivity contribution is -0.0202. The van der Waals surface area contributed by atoms with Gasteiger partial charge in [-0.2, -0.15) is 0 Å². The molecule has 0 aromatic carbocycles. The van der Waals surface area contributed by atoms with Crippen LogP contribution in [0.3, 0.4) is 0 Å². The molecule has 148 valence electrons. The Hall–Kier alpha value is -0.690. The lowest BCUT2D eigenvalue weighted by Crippen LogP contribution is -2.35. The van der Waals surface area contributed by atoms with E-state index in [0.29, 0.717) is 0 Å². The van der Waals surface area contributed by atoms with Crippen LogP contribution in [-0.2, 0) is 9.47 Å². The molecule has 0 aliphatic carbocycles. The van der Waals surface area contributed by atoms with Crippen LogP contribution in [0.4, 0.5) is 4.79 Å². The average molecular weight is 401 g/mol. The van der Waals surface area contributed by atoms with Gasteiger partial charge in [0.25, 0.3) is 0 Å². The Balaban J connectivity index is 1.97. The highest BCUT2D eigenvalue weighted by molar-refractivity contribution is 8.14. The number of thioether (sulfide) groups is 2. The second-order valence-electron chi connectivity index (χ2n) is 6.55. The zero-order chi connectivity index (χ0) is 18.9. The molecule has 4 atom stereocenters. The first kappa shape index (κ1) is 21.6. The van der Waals surface area contributed by atoms with E-state index in [9.17, 15) is 4.79 Å². The van der Waals surface area contributed by atoms with Crippen LogP contribution < -0.4 is 0 Å². The summed E-state index contributed by atoms with van der Waals surface area (Å²) in [6, 6.07) is 0. The zero-order valence-corrected chi connectivity index (χ0v) is 18.0. The molecule has 5 nitrogen and oxygen atoms in total. The van der Waals surface area contributed by atoms with Crippen LogP contribution in [0.5, 0.6) is 0 Å². The van der Waals surface area contributed by atoms with Gasteiger partial charge < -0.3 is 9.47 Å². The molecule has 2 aliphatic rings. The summed E-state index contributed by atoms with van der Waals surface area (Å²) in [6.07, 6.45) is 2.47. The third-order valence-electron chi connectivity index (χ3n) is 4.93. The van der Waals surface area contributed by atoms with Gasteiger partial charge in [0, 0.05) is 36.4 Å². The molecule has 26 heavy (non-hydrogen) atoms. The van der Waals surface area contributed by atoms with Crippen molar-refractivity contribution in [2.45, 2.75) is 65.6 Å². The number of aliphatic imine (C=N–C) groups is 2.